The third-order valence-corrected chi connectivity index (χ3v) is 1.88. The average Bonchev–Trinajstić information content (AvgIpc) is 2.24. The molecule has 0 aromatic heterocycles. The highest BCUT2D eigenvalue weighted by molar-refractivity contribution is 5.83. The Balaban J connectivity index is 3.99. The highest BCUT2D eigenvalue weighted by Gasteiger charge is 2.24. The number of amides is 2. The first kappa shape index (κ1) is 15.2. The quantitative estimate of drug-likeness (QED) is 0.432. The summed E-state index contributed by atoms with van der Waals surface area (Å²) in [5.74, 6) is -1.83. The molecule has 0 aliphatic carbocycles. The normalized spacial score (nSPS) is 13.4. The molecule has 0 saturated heterocycles. The molecule has 2 amide bonds. The van der Waals surface area contributed by atoms with Crippen LogP contribution in [0.2, 0.25) is 0 Å². The van der Waals surface area contributed by atoms with E-state index in [-0.39, 0.29) is 13.0 Å². The Morgan fingerprint density at radius 3 is 2.35 bits per heavy atom. The number of ether oxygens (including phenoxy) is 1. The number of methoxy groups -OCH3 is 1. The van der Waals surface area contributed by atoms with Gasteiger partial charge in [-0.25, -0.2) is 9.59 Å². The largest absolute Gasteiger partial charge is 0.480 e. The number of carboxylic acid groups (broad SMARTS) is 1. The highest BCUT2D eigenvalue weighted by Crippen LogP contribution is 1.92. The van der Waals surface area contributed by atoms with Crippen molar-refractivity contribution in [3.8, 4) is 0 Å². The summed E-state index contributed by atoms with van der Waals surface area (Å²) in [5, 5.41) is 22.1. The Bertz CT molecular complexity index is 291. The predicted molar refractivity (Wildman–Crippen MR) is 56.3 cm³/mol. The van der Waals surface area contributed by atoms with Gasteiger partial charge in [0.1, 0.15) is 0 Å². The first-order chi connectivity index (χ1) is 7.88. The number of nitrogens with one attached hydrogen (secondary N) is 2. The molecule has 0 bridgehead atoms. The zero-order valence-electron chi connectivity index (χ0n) is 9.60. The van der Waals surface area contributed by atoms with Crippen LogP contribution in [-0.2, 0) is 14.3 Å². The zero-order chi connectivity index (χ0) is 13.4. The van der Waals surface area contributed by atoms with Crippen molar-refractivity contribution in [2.75, 3.05) is 13.7 Å². The van der Waals surface area contributed by atoms with Crippen LogP contribution in [0.3, 0.4) is 0 Å². The van der Waals surface area contributed by atoms with Crippen LogP contribution in [0.1, 0.15) is 13.3 Å². The molecule has 0 aromatic carbocycles. The number of aliphatic hydroxyl groups is 1. The molecule has 98 valence electrons. The molecule has 0 unspecified atom stereocenters. The van der Waals surface area contributed by atoms with Crippen LogP contribution in [0.5, 0.6) is 0 Å². The zero-order valence-corrected chi connectivity index (χ0v) is 9.60. The summed E-state index contributed by atoms with van der Waals surface area (Å²) < 4.78 is 4.34. The molecule has 0 aromatic rings. The van der Waals surface area contributed by atoms with E-state index in [0.717, 1.165) is 0 Å². The molecule has 17 heavy (non-hydrogen) atoms. The molecular formula is C9H16N2O6. The van der Waals surface area contributed by atoms with E-state index < -0.39 is 30.1 Å². The Morgan fingerprint density at radius 1 is 1.35 bits per heavy atom. The van der Waals surface area contributed by atoms with Crippen LogP contribution in [0.4, 0.5) is 4.79 Å². The third kappa shape index (κ3) is 6.36. The number of hydrogen-bond donors (Lipinski definition) is 4. The fourth-order valence-electron chi connectivity index (χ4n) is 0.961. The van der Waals surface area contributed by atoms with Crippen molar-refractivity contribution in [2.45, 2.75) is 25.5 Å². The van der Waals surface area contributed by atoms with Gasteiger partial charge in [0.25, 0.3) is 0 Å². The number of carboxylic acids is 1. The van der Waals surface area contributed by atoms with Gasteiger partial charge < -0.3 is 25.6 Å². The molecule has 8 nitrogen and oxygen atoms in total. The van der Waals surface area contributed by atoms with Crippen LogP contribution in [0, 0.1) is 0 Å². The fraction of sp³-hybridized carbons (Fsp3) is 0.667. The van der Waals surface area contributed by atoms with Crippen molar-refractivity contribution >= 4 is 18.0 Å². The predicted octanol–water partition coefficient (Wildman–Crippen LogP) is -1.32. The standard InChI is InChI=1S/C9H16N2O6/c1-5(12)7(8(14)15)11-9(16)10-4-3-6(13)17-2/h5,7,12H,3-4H2,1-2H3,(H,14,15)(H2,10,11,16)/t5-,7+/m1/s1. The number of carbonyl (C=O) groups is 3. The van der Waals surface area contributed by atoms with Gasteiger partial charge in [-0.05, 0) is 6.92 Å². The van der Waals surface area contributed by atoms with Gasteiger partial charge in [0, 0.05) is 6.54 Å². The van der Waals surface area contributed by atoms with E-state index in [0.29, 0.717) is 0 Å². The molecule has 0 fully saturated rings. The molecule has 0 saturated carbocycles. The van der Waals surface area contributed by atoms with Gasteiger partial charge in [0.2, 0.25) is 0 Å². The van der Waals surface area contributed by atoms with E-state index in [1.165, 1.54) is 14.0 Å². The third-order valence-electron chi connectivity index (χ3n) is 1.88. The Labute approximate surface area is 97.9 Å². The van der Waals surface area contributed by atoms with Crippen molar-refractivity contribution in [1.29, 1.82) is 0 Å². The van der Waals surface area contributed by atoms with Gasteiger partial charge >= 0.3 is 18.0 Å². The number of carbonyl (C=O) groups excluding carboxylic acids is 2. The molecule has 0 aliphatic rings. The Morgan fingerprint density at radius 2 is 1.94 bits per heavy atom. The number of urea groups is 1. The van der Waals surface area contributed by atoms with Gasteiger partial charge in [-0.2, -0.15) is 0 Å². The smallest absolute Gasteiger partial charge is 0.328 e. The maximum Gasteiger partial charge on any atom is 0.328 e. The van der Waals surface area contributed by atoms with Crippen molar-refractivity contribution in [2.24, 2.45) is 0 Å². The van der Waals surface area contributed by atoms with E-state index in [2.05, 4.69) is 15.4 Å². The second kappa shape index (κ2) is 7.44. The fourth-order valence-corrected chi connectivity index (χ4v) is 0.961. The molecule has 0 spiro atoms. The minimum absolute atomic E-state index is 0.0175. The first-order valence-corrected chi connectivity index (χ1v) is 4.90. The lowest BCUT2D eigenvalue weighted by molar-refractivity contribution is -0.142. The van der Waals surface area contributed by atoms with Gasteiger partial charge in [0.05, 0.1) is 19.6 Å². The molecule has 0 radical (unpaired) electrons. The Hall–Kier alpha value is -1.83. The van der Waals surface area contributed by atoms with Crippen molar-refractivity contribution in [1.82, 2.24) is 10.6 Å². The molecule has 4 N–H and O–H groups in total. The van der Waals surface area contributed by atoms with Crippen LogP contribution in [-0.4, -0.2) is 54.0 Å². The SMILES string of the molecule is COC(=O)CCNC(=O)N[C@H](C(=O)O)[C@@H](C)O. The van der Waals surface area contributed by atoms with Crippen molar-refractivity contribution in [3.05, 3.63) is 0 Å². The molecule has 0 aliphatic heterocycles. The van der Waals surface area contributed by atoms with Crippen LogP contribution in [0.15, 0.2) is 0 Å². The van der Waals surface area contributed by atoms with Crippen LogP contribution < -0.4 is 10.6 Å². The number of rotatable bonds is 6. The maximum atomic E-state index is 11.2. The Kier molecular flexibility index (Phi) is 6.64. The van der Waals surface area contributed by atoms with Gasteiger partial charge in [0.15, 0.2) is 6.04 Å². The minimum atomic E-state index is -1.40. The number of aliphatic hydroxyl groups excluding tert-OH is 1. The summed E-state index contributed by atoms with van der Waals surface area (Å²) in [6.45, 7) is 1.26. The summed E-state index contributed by atoms with van der Waals surface area (Å²) >= 11 is 0. The molecular weight excluding hydrogens is 232 g/mol. The maximum absolute atomic E-state index is 11.2. The topological polar surface area (TPSA) is 125 Å². The van der Waals surface area contributed by atoms with E-state index in [1.54, 1.807) is 0 Å². The lowest BCUT2D eigenvalue weighted by Crippen LogP contribution is -2.51. The van der Waals surface area contributed by atoms with Crippen molar-refractivity contribution in [3.63, 3.8) is 0 Å². The molecule has 8 heteroatoms. The average molecular weight is 248 g/mol. The second-order valence-corrected chi connectivity index (χ2v) is 3.28. The van der Waals surface area contributed by atoms with E-state index in [1.807, 2.05) is 0 Å². The number of aliphatic carboxylic acids is 1. The summed E-state index contributed by atoms with van der Waals surface area (Å²) in [6.07, 6.45) is -1.24. The van der Waals surface area contributed by atoms with E-state index in [9.17, 15) is 14.4 Å². The second-order valence-electron chi connectivity index (χ2n) is 3.28. The number of esters is 1. The molecule has 0 rings (SSSR count). The summed E-state index contributed by atoms with van der Waals surface area (Å²) in [4.78, 5) is 32.5. The lowest BCUT2D eigenvalue weighted by Gasteiger charge is -2.17. The lowest BCUT2D eigenvalue weighted by atomic mass is 10.2. The van der Waals surface area contributed by atoms with Crippen LogP contribution >= 0.6 is 0 Å². The molecule has 2 atom stereocenters. The summed E-state index contributed by atoms with van der Waals surface area (Å²) in [6, 6.07) is -2.17. The summed E-state index contributed by atoms with van der Waals surface area (Å²) in [5.41, 5.74) is 0. The summed E-state index contributed by atoms with van der Waals surface area (Å²) in [7, 11) is 1.22. The monoisotopic (exact) mass is 248 g/mol. The first-order valence-electron chi connectivity index (χ1n) is 4.90. The van der Waals surface area contributed by atoms with E-state index in [4.69, 9.17) is 10.2 Å². The minimum Gasteiger partial charge on any atom is -0.480 e. The van der Waals surface area contributed by atoms with Gasteiger partial charge in [-0.1, -0.05) is 0 Å². The van der Waals surface area contributed by atoms with Crippen LogP contribution in [0.25, 0.3) is 0 Å². The number of hydrogen-bond acceptors (Lipinski definition) is 5. The highest BCUT2D eigenvalue weighted by atomic mass is 16.5. The van der Waals surface area contributed by atoms with Gasteiger partial charge in [-0.3, -0.25) is 4.79 Å². The van der Waals surface area contributed by atoms with Gasteiger partial charge in [-0.15, -0.1) is 0 Å². The molecule has 0 heterocycles. The van der Waals surface area contributed by atoms with Crippen molar-refractivity contribution < 1.29 is 29.3 Å². The van der Waals surface area contributed by atoms with E-state index >= 15 is 0 Å².